The van der Waals surface area contributed by atoms with Gasteiger partial charge in [0, 0.05) is 43.5 Å². The Balaban J connectivity index is 1.25. The van der Waals surface area contributed by atoms with Crippen molar-refractivity contribution < 1.29 is 14.4 Å². The van der Waals surface area contributed by atoms with Gasteiger partial charge < -0.3 is 30.7 Å². The lowest BCUT2D eigenvalue weighted by molar-refractivity contribution is -0.138. The second-order valence-corrected chi connectivity index (χ2v) is 12.5. The van der Waals surface area contributed by atoms with Crippen LogP contribution in [0.5, 0.6) is 0 Å². The summed E-state index contributed by atoms with van der Waals surface area (Å²) in [5.41, 5.74) is 1.65. The smallest absolute Gasteiger partial charge is 0.264 e. The molecular formula is C32H41N7O3S. The first kappa shape index (κ1) is 30.9. The minimum atomic E-state index is -1.32. The van der Waals surface area contributed by atoms with Crippen molar-refractivity contribution in [3.63, 3.8) is 0 Å². The number of carbonyl (C=O) groups is 3. The van der Waals surface area contributed by atoms with Crippen molar-refractivity contribution in [1.82, 2.24) is 25.3 Å². The van der Waals surface area contributed by atoms with Crippen LogP contribution in [0.15, 0.2) is 47.7 Å². The zero-order valence-corrected chi connectivity index (χ0v) is 25.9. The predicted octanol–water partition coefficient (Wildman–Crippen LogP) is 2.60. The first-order valence-corrected chi connectivity index (χ1v) is 15.6. The number of benzene rings is 2. The lowest BCUT2D eigenvalue weighted by Crippen LogP contribution is -2.65. The van der Waals surface area contributed by atoms with Crippen LogP contribution in [0.1, 0.15) is 43.0 Å². The summed E-state index contributed by atoms with van der Waals surface area (Å²) in [7, 11) is 2.05. The molecule has 43 heavy (non-hydrogen) atoms. The SMILES string of the molecule is CCN1C(=O)C(S)(CNc2ccc3cc(C(=O)NCCN4CCCC4)ccc3c2)/C1=C(/C#N)C(=O)NC1CCN(C)CC1. The number of hydrogen-bond donors (Lipinski definition) is 4. The Morgan fingerprint density at radius 3 is 2.47 bits per heavy atom. The summed E-state index contributed by atoms with van der Waals surface area (Å²) in [4.78, 5) is 45.1. The van der Waals surface area contributed by atoms with Gasteiger partial charge >= 0.3 is 0 Å². The topological polar surface area (TPSA) is 121 Å². The molecule has 5 rings (SSSR count). The van der Waals surface area contributed by atoms with Crippen LogP contribution in [0.2, 0.25) is 0 Å². The van der Waals surface area contributed by atoms with E-state index in [1.165, 1.54) is 17.7 Å². The molecule has 11 heteroatoms. The number of rotatable bonds is 10. The van der Waals surface area contributed by atoms with E-state index >= 15 is 0 Å². The monoisotopic (exact) mass is 603 g/mol. The van der Waals surface area contributed by atoms with Crippen LogP contribution >= 0.6 is 12.6 Å². The molecule has 3 aliphatic rings. The molecule has 3 aliphatic heterocycles. The van der Waals surface area contributed by atoms with E-state index in [0.717, 1.165) is 62.0 Å². The zero-order valence-electron chi connectivity index (χ0n) is 25.0. The first-order chi connectivity index (χ1) is 20.7. The average Bonchev–Trinajstić information content (AvgIpc) is 3.54. The van der Waals surface area contributed by atoms with Crippen molar-refractivity contribution in [1.29, 1.82) is 5.26 Å². The number of thiol groups is 1. The minimum Gasteiger partial charge on any atom is -0.383 e. The summed E-state index contributed by atoms with van der Waals surface area (Å²) < 4.78 is -1.32. The van der Waals surface area contributed by atoms with E-state index in [9.17, 15) is 19.6 Å². The van der Waals surface area contributed by atoms with Crippen LogP contribution in [0.4, 0.5) is 5.69 Å². The van der Waals surface area contributed by atoms with Crippen molar-refractivity contribution in [3.8, 4) is 6.07 Å². The number of anilines is 1. The Morgan fingerprint density at radius 2 is 1.77 bits per heavy atom. The normalized spacial score (nSPS) is 22.7. The van der Waals surface area contributed by atoms with Gasteiger partial charge in [0.25, 0.3) is 17.7 Å². The van der Waals surface area contributed by atoms with Crippen LogP contribution < -0.4 is 16.0 Å². The average molecular weight is 604 g/mol. The second-order valence-electron chi connectivity index (χ2n) is 11.7. The number of amides is 3. The van der Waals surface area contributed by atoms with Crippen LogP contribution in [0.3, 0.4) is 0 Å². The zero-order chi connectivity index (χ0) is 30.6. The molecule has 0 spiro atoms. The fraction of sp³-hybridized carbons (Fsp3) is 0.500. The quantitative estimate of drug-likeness (QED) is 0.143. The second kappa shape index (κ2) is 13.4. The van der Waals surface area contributed by atoms with E-state index < -0.39 is 10.7 Å². The third-order valence-corrected chi connectivity index (χ3v) is 9.33. The molecular weight excluding hydrogens is 562 g/mol. The number of nitriles is 1. The molecule has 1 unspecified atom stereocenters. The van der Waals surface area contributed by atoms with E-state index in [0.29, 0.717) is 24.4 Å². The Morgan fingerprint density at radius 1 is 1.07 bits per heavy atom. The first-order valence-electron chi connectivity index (χ1n) is 15.2. The van der Waals surface area contributed by atoms with Crippen molar-refractivity contribution in [2.24, 2.45) is 0 Å². The molecule has 228 valence electrons. The number of hydrogen-bond acceptors (Lipinski definition) is 8. The largest absolute Gasteiger partial charge is 0.383 e. The third kappa shape index (κ3) is 6.66. The number of β-lactam (4-membered cyclic amide) rings is 1. The van der Waals surface area contributed by atoms with Gasteiger partial charge in [0.15, 0.2) is 4.75 Å². The van der Waals surface area contributed by atoms with E-state index in [1.54, 1.807) is 0 Å². The van der Waals surface area contributed by atoms with Gasteiger partial charge in [-0.1, -0.05) is 12.1 Å². The molecule has 10 nitrogen and oxygen atoms in total. The van der Waals surface area contributed by atoms with E-state index in [-0.39, 0.29) is 30.0 Å². The Hall–Kier alpha value is -3.59. The number of nitrogens with zero attached hydrogens (tertiary/aromatic N) is 4. The van der Waals surface area contributed by atoms with Crippen molar-refractivity contribution in [2.75, 3.05) is 64.7 Å². The summed E-state index contributed by atoms with van der Waals surface area (Å²) in [6.45, 7) is 7.72. The molecule has 0 bridgehead atoms. The maximum atomic E-state index is 13.2. The third-order valence-electron chi connectivity index (χ3n) is 8.77. The van der Waals surface area contributed by atoms with Crippen molar-refractivity contribution in [2.45, 2.75) is 43.4 Å². The number of fused-ring (bicyclic) bond motifs is 1. The van der Waals surface area contributed by atoms with Crippen LogP contribution in [-0.4, -0.2) is 103 Å². The number of nitrogens with one attached hydrogen (secondary N) is 3. The lowest BCUT2D eigenvalue weighted by atomic mass is 9.87. The molecule has 2 aromatic rings. The Bertz CT molecular complexity index is 1460. The van der Waals surface area contributed by atoms with Gasteiger partial charge in [-0.25, -0.2) is 0 Å². The molecule has 0 saturated carbocycles. The van der Waals surface area contributed by atoms with Crippen molar-refractivity contribution >= 4 is 46.8 Å². The molecule has 3 amide bonds. The molecule has 3 N–H and O–H groups in total. The summed E-state index contributed by atoms with van der Waals surface area (Å²) >= 11 is 4.74. The van der Waals surface area contributed by atoms with Gasteiger partial charge in [-0.15, -0.1) is 0 Å². The van der Waals surface area contributed by atoms with Gasteiger partial charge in [0.1, 0.15) is 11.6 Å². The highest BCUT2D eigenvalue weighted by Gasteiger charge is 2.56. The standard InChI is InChI=1S/C32H41N7O3S/c1-3-39-28(27(20-33)30(41)36-25-10-15-37(2)16-11-25)32(43,31(39)42)21-35-26-9-8-22-18-24(7-6-23(22)19-26)29(40)34-12-17-38-13-4-5-14-38/h6-9,18-19,25,35,43H,3-5,10-17,21H2,1-2H3,(H,34,40)(H,36,41)/b28-27+. The van der Waals surface area contributed by atoms with E-state index in [1.807, 2.05) is 50.4 Å². The summed E-state index contributed by atoms with van der Waals surface area (Å²) in [6, 6.07) is 13.4. The molecule has 3 fully saturated rings. The maximum absolute atomic E-state index is 13.2. The van der Waals surface area contributed by atoms with Gasteiger partial charge in [-0.3, -0.25) is 14.4 Å². The number of piperidine rings is 1. The number of likely N-dealkylation sites (tertiary alicyclic amines) is 3. The van der Waals surface area contributed by atoms with E-state index in [4.69, 9.17) is 12.6 Å². The van der Waals surface area contributed by atoms with Gasteiger partial charge in [0.05, 0.1) is 5.70 Å². The highest BCUT2D eigenvalue weighted by molar-refractivity contribution is 7.83. The summed E-state index contributed by atoms with van der Waals surface area (Å²) in [5, 5.41) is 21.2. The molecule has 0 aliphatic carbocycles. The fourth-order valence-corrected chi connectivity index (χ4v) is 6.62. The fourth-order valence-electron chi connectivity index (χ4n) is 6.18. The predicted molar refractivity (Wildman–Crippen MR) is 171 cm³/mol. The Kier molecular flexibility index (Phi) is 9.59. The highest BCUT2D eigenvalue weighted by atomic mass is 32.1. The molecule has 3 heterocycles. The van der Waals surface area contributed by atoms with Gasteiger partial charge in [-0.05, 0) is 101 Å². The maximum Gasteiger partial charge on any atom is 0.264 e. The molecule has 0 aromatic heterocycles. The molecule has 3 saturated heterocycles. The van der Waals surface area contributed by atoms with E-state index in [2.05, 4.69) is 31.8 Å². The lowest BCUT2D eigenvalue weighted by Gasteiger charge is -2.48. The van der Waals surface area contributed by atoms with Crippen LogP contribution in [0, 0.1) is 11.3 Å². The van der Waals surface area contributed by atoms with Crippen molar-refractivity contribution in [3.05, 3.63) is 53.2 Å². The summed E-state index contributed by atoms with van der Waals surface area (Å²) in [5.74, 6) is -0.795. The van der Waals surface area contributed by atoms with Crippen LogP contribution in [0.25, 0.3) is 10.8 Å². The number of carbonyl (C=O) groups excluding carboxylic acids is 3. The molecule has 1 atom stereocenters. The summed E-state index contributed by atoms with van der Waals surface area (Å²) in [6.07, 6.45) is 4.08. The highest BCUT2D eigenvalue weighted by Crippen LogP contribution is 2.42. The Labute approximate surface area is 258 Å². The molecule has 2 aromatic carbocycles. The molecule has 0 radical (unpaired) electrons. The van der Waals surface area contributed by atoms with Gasteiger partial charge in [-0.2, -0.15) is 17.9 Å². The van der Waals surface area contributed by atoms with Gasteiger partial charge in [0.2, 0.25) is 0 Å². The van der Waals surface area contributed by atoms with Crippen LogP contribution in [-0.2, 0) is 9.59 Å². The minimum absolute atomic E-state index is 0.00920.